The molecule has 112 valence electrons. The number of nitrogens with one attached hydrogen (secondary N) is 1. The zero-order valence-electron chi connectivity index (χ0n) is 12.8. The molecular weight excluding hydrogens is 254 g/mol. The van der Waals surface area contributed by atoms with Crippen molar-refractivity contribution in [2.24, 2.45) is 0 Å². The van der Waals surface area contributed by atoms with E-state index in [-0.39, 0.29) is 19.1 Å². The van der Waals surface area contributed by atoms with E-state index in [1.807, 2.05) is 45.9 Å². The van der Waals surface area contributed by atoms with Gasteiger partial charge in [0.15, 0.2) is 6.61 Å². The van der Waals surface area contributed by atoms with Crippen molar-refractivity contribution in [1.29, 1.82) is 0 Å². The Morgan fingerprint density at radius 3 is 2.50 bits per heavy atom. The van der Waals surface area contributed by atoms with Crippen molar-refractivity contribution in [3.05, 3.63) is 29.3 Å². The Bertz CT molecular complexity index is 453. The molecule has 0 atom stereocenters. The summed E-state index contributed by atoms with van der Waals surface area (Å²) in [6, 6.07) is 5.83. The van der Waals surface area contributed by atoms with Gasteiger partial charge in [0, 0.05) is 6.54 Å². The fraction of sp³-hybridized carbons (Fsp3) is 0.562. The Labute approximate surface area is 121 Å². The molecular formula is C16H25NO3. The summed E-state index contributed by atoms with van der Waals surface area (Å²) in [6.45, 7) is 8.00. The lowest BCUT2D eigenvalue weighted by molar-refractivity contribution is -0.124. The number of amides is 1. The Morgan fingerprint density at radius 1 is 1.30 bits per heavy atom. The van der Waals surface area contributed by atoms with Crippen LogP contribution in [0, 0.1) is 13.8 Å². The van der Waals surface area contributed by atoms with E-state index in [4.69, 9.17) is 4.74 Å². The molecule has 1 aromatic carbocycles. The van der Waals surface area contributed by atoms with Gasteiger partial charge in [0.2, 0.25) is 0 Å². The monoisotopic (exact) mass is 279 g/mol. The number of carbonyl (C=O) groups is 1. The molecule has 0 spiro atoms. The van der Waals surface area contributed by atoms with Gasteiger partial charge in [-0.25, -0.2) is 0 Å². The number of ether oxygens (including phenoxy) is 1. The Morgan fingerprint density at radius 2 is 1.95 bits per heavy atom. The highest BCUT2D eigenvalue weighted by Gasteiger charge is 2.22. The van der Waals surface area contributed by atoms with Crippen LogP contribution in [-0.2, 0) is 4.79 Å². The third-order valence-corrected chi connectivity index (χ3v) is 3.62. The summed E-state index contributed by atoms with van der Waals surface area (Å²) >= 11 is 0. The quantitative estimate of drug-likeness (QED) is 0.805. The van der Waals surface area contributed by atoms with Gasteiger partial charge < -0.3 is 15.2 Å². The van der Waals surface area contributed by atoms with Crippen molar-refractivity contribution in [1.82, 2.24) is 5.32 Å². The molecule has 0 fully saturated rings. The van der Waals surface area contributed by atoms with Gasteiger partial charge in [0.05, 0.1) is 5.60 Å². The summed E-state index contributed by atoms with van der Waals surface area (Å²) in [5.41, 5.74) is 1.35. The van der Waals surface area contributed by atoms with Crippen molar-refractivity contribution < 1.29 is 14.6 Å². The Kier molecular flexibility index (Phi) is 6.02. The third kappa shape index (κ3) is 4.85. The maximum Gasteiger partial charge on any atom is 0.258 e. The standard InChI is InChI=1S/C16H25NO3/c1-5-16(19,6-2)11-17-15(18)10-20-14-8-7-12(3)9-13(14)4/h7-9,19H,5-6,10-11H2,1-4H3,(H,17,18). The highest BCUT2D eigenvalue weighted by atomic mass is 16.5. The van der Waals surface area contributed by atoms with Crippen molar-refractivity contribution in [2.75, 3.05) is 13.2 Å². The largest absolute Gasteiger partial charge is 0.484 e. The molecule has 0 heterocycles. The smallest absolute Gasteiger partial charge is 0.258 e. The highest BCUT2D eigenvalue weighted by Crippen LogP contribution is 2.18. The Balaban J connectivity index is 2.44. The minimum atomic E-state index is -0.824. The topological polar surface area (TPSA) is 58.6 Å². The molecule has 2 N–H and O–H groups in total. The molecule has 0 bridgehead atoms. The summed E-state index contributed by atoms with van der Waals surface area (Å²) in [6.07, 6.45) is 1.23. The zero-order chi connectivity index (χ0) is 15.2. The first-order valence-electron chi connectivity index (χ1n) is 7.09. The van der Waals surface area contributed by atoms with Gasteiger partial charge in [-0.05, 0) is 38.3 Å². The van der Waals surface area contributed by atoms with Gasteiger partial charge in [-0.3, -0.25) is 4.79 Å². The van der Waals surface area contributed by atoms with E-state index in [0.717, 1.165) is 11.1 Å². The molecule has 0 saturated carbocycles. The summed E-state index contributed by atoms with van der Waals surface area (Å²) in [5, 5.41) is 12.8. The first-order valence-corrected chi connectivity index (χ1v) is 7.09. The van der Waals surface area contributed by atoms with Crippen LogP contribution in [0.5, 0.6) is 5.75 Å². The fourth-order valence-corrected chi connectivity index (χ4v) is 1.92. The predicted molar refractivity (Wildman–Crippen MR) is 80.0 cm³/mol. The lowest BCUT2D eigenvalue weighted by Gasteiger charge is -2.25. The number of benzene rings is 1. The molecule has 4 heteroatoms. The lowest BCUT2D eigenvalue weighted by atomic mass is 9.98. The van der Waals surface area contributed by atoms with Crippen LogP contribution in [0.1, 0.15) is 37.8 Å². The van der Waals surface area contributed by atoms with E-state index in [0.29, 0.717) is 18.6 Å². The van der Waals surface area contributed by atoms with Crippen molar-refractivity contribution in [2.45, 2.75) is 46.1 Å². The van der Waals surface area contributed by atoms with Gasteiger partial charge in [-0.2, -0.15) is 0 Å². The molecule has 1 amide bonds. The van der Waals surface area contributed by atoms with Crippen LogP contribution in [0.25, 0.3) is 0 Å². The molecule has 20 heavy (non-hydrogen) atoms. The van der Waals surface area contributed by atoms with Crippen molar-refractivity contribution in [3.8, 4) is 5.75 Å². The van der Waals surface area contributed by atoms with E-state index in [1.54, 1.807) is 0 Å². The van der Waals surface area contributed by atoms with Gasteiger partial charge in [0.25, 0.3) is 5.91 Å². The number of hydrogen-bond acceptors (Lipinski definition) is 3. The van der Waals surface area contributed by atoms with Crippen molar-refractivity contribution in [3.63, 3.8) is 0 Å². The zero-order valence-corrected chi connectivity index (χ0v) is 12.8. The molecule has 0 unspecified atom stereocenters. The first-order chi connectivity index (χ1) is 9.40. The Hall–Kier alpha value is -1.55. The molecule has 0 aliphatic carbocycles. The summed E-state index contributed by atoms with van der Waals surface area (Å²) in [7, 11) is 0. The molecule has 1 rings (SSSR count). The molecule has 0 aromatic heterocycles. The number of aliphatic hydroxyl groups is 1. The summed E-state index contributed by atoms with van der Waals surface area (Å²) in [4.78, 5) is 11.7. The molecule has 0 radical (unpaired) electrons. The van der Waals surface area contributed by atoms with E-state index in [2.05, 4.69) is 5.32 Å². The van der Waals surface area contributed by atoms with E-state index < -0.39 is 5.60 Å². The van der Waals surface area contributed by atoms with Gasteiger partial charge >= 0.3 is 0 Å². The number of rotatable bonds is 7. The maximum atomic E-state index is 11.7. The SMILES string of the molecule is CCC(O)(CC)CNC(=O)COc1ccc(C)cc1C. The van der Waals surface area contributed by atoms with E-state index in [9.17, 15) is 9.90 Å². The number of hydrogen-bond donors (Lipinski definition) is 2. The minimum absolute atomic E-state index is 0.0343. The van der Waals surface area contributed by atoms with Crippen LogP contribution in [0.15, 0.2) is 18.2 Å². The highest BCUT2D eigenvalue weighted by molar-refractivity contribution is 5.77. The molecule has 1 aromatic rings. The minimum Gasteiger partial charge on any atom is -0.484 e. The molecule has 0 saturated heterocycles. The predicted octanol–water partition coefficient (Wildman–Crippen LogP) is 2.35. The van der Waals surface area contributed by atoms with E-state index in [1.165, 1.54) is 0 Å². The number of carbonyl (C=O) groups excluding carboxylic acids is 1. The third-order valence-electron chi connectivity index (χ3n) is 3.62. The average molecular weight is 279 g/mol. The summed E-state index contributed by atoms with van der Waals surface area (Å²) in [5.74, 6) is 0.497. The van der Waals surface area contributed by atoms with Crippen LogP contribution >= 0.6 is 0 Å². The normalized spacial score (nSPS) is 11.2. The second kappa shape index (κ2) is 7.29. The van der Waals surface area contributed by atoms with E-state index >= 15 is 0 Å². The molecule has 0 aliphatic heterocycles. The number of aryl methyl sites for hydroxylation is 2. The van der Waals surface area contributed by atoms with Gasteiger partial charge in [-0.1, -0.05) is 31.5 Å². The van der Waals surface area contributed by atoms with Gasteiger partial charge in [-0.15, -0.1) is 0 Å². The van der Waals surface area contributed by atoms with Crippen LogP contribution in [-0.4, -0.2) is 29.8 Å². The second-order valence-corrected chi connectivity index (χ2v) is 5.27. The van der Waals surface area contributed by atoms with Crippen LogP contribution in [0.4, 0.5) is 0 Å². The molecule has 4 nitrogen and oxygen atoms in total. The van der Waals surface area contributed by atoms with Crippen molar-refractivity contribution >= 4 is 5.91 Å². The molecule has 0 aliphatic rings. The van der Waals surface area contributed by atoms with Gasteiger partial charge in [0.1, 0.15) is 5.75 Å². The summed E-state index contributed by atoms with van der Waals surface area (Å²) < 4.78 is 5.49. The lowest BCUT2D eigenvalue weighted by Crippen LogP contribution is -2.43. The van der Waals surface area contributed by atoms with Crippen LogP contribution in [0.2, 0.25) is 0 Å². The first kappa shape index (κ1) is 16.5. The second-order valence-electron chi connectivity index (χ2n) is 5.27. The maximum absolute atomic E-state index is 11.7. The van der Waals surface area contributed by atoms with Crippen LogP contribution < -0.4 is 10.1 Å². The fourth-order valence-electron chi connectivity index (χ4n) is 1.92. The average Bonchev–Trinajstić information content (AvgIpc) is 2.44. The van der Waals surface area contributed by atoms with Crippen LogP contribution in [0.3, 0.4) is 0 Å².